The van der Waals surface area contributed by atoms with Gasteiger partial charge in [0.1, 0.15) is 0 Å². The van der Waals surface area contributed by atoms with E-state index in [1.165, 1.54) is 18.6 Å². The predicted octanol–water partition coefficient (Wildman–Crippen LogP) is 3.93. The van der Waals surface area contributed by atoms with E-state index in [9.17, 15) is 18.0 Å². The number of sulfonamides is 1. The minimum atomic E-state index is -4.01. The van der Waals surface area contributed by atoms with Crippen molar-refractivity contribution in [1.29, 1.82) is 0 Å². The second-order valence-electron chi connectivity index (χ2n) is 9.47. The molecule has 1 aromatic carbocycles. The largest absolute Gasteiger partial charge is 0.341 e. The molecule has 3 amide bonds. The van der Waals surface area contributed by atoms with Crippen LogP contribution in [-0.4, -0.2) is 36.5 Å². The van der Waals surface area contributed by atoms with Crippen molar-refractivity contribution in [2.24, 2.45) is 0 Å². The Morgan fingerprint density at radius 2 is 1.60 bits per heavy atom. The summed E-state index contributed by atoms with van der Waals surface area (Å²) in [6, 6.07) is 4.87. The van der Waals surface area contributed by atoms with E-state index in [1.54, 1.807) is 19.1 Å². The standard InChI is InChI=1S/C24H33N5O5S/c1-16(25-22(30)23-27-21(28-34-23)18-8-4-2-5-9-18)17-12-14-20(15-13-17)35(32,33)29-24(31)26-19-10-6-3-7-11-19/h12-16,18-19H,2-11H2,1H3,(H,25,30)(H2,26,29,31). The molecule has 11 heteroatoms. The van der Waals surface area contributed by atoms with Crippen LogP contribution >= 0.6 is 0 Å². The van der Waals surface area contributed by atoms with Gasteiger partial charge in [-0.05, 0) is 50.3 Å². The summed E-state index contributed by atoms with van der Waals surface area (Å²) in [4.78, 5) is 29.0. The molecule has 35 heavy (non-hydrogen) atoms. The summed E-state index contributed by atoms with van der Waals surface area (Å²) >= 11 is 0. The summed E-state index contributed by atoms with van der Waals surface area (Å²) in [7, 11) is -4.01. The first-order valence-corrected chi connectivity index (χ1v) is 13.9. The van der Waals surface area contributed by atoms with Gasteiger partial charge in [0.2, 0.25) is 0 Å². The van der Waals surface area contributed by atoms with Crippen LogP contribution in [0.4, 0.5) is 4.79 Å². The zero-order valence-electron chi connectivity index (χ0n) is 20.0. The Morgan fingerprint density at radius 1 is 0.971 bits per heavy atom. The van der Waals surface area contributed by atoms with Crippen molar-refractivity contribution in [3.8, 4) is 0 Å². The summed E-state index contributed by atoms with van der Waals surface area (Å²) in [6.07, 6.45) is 10.4. The van der Waals surface area contributed by atoms with E-state index in [0.29, 0.717) is 11.4 Å². The third-order valence-electron chi connectivity index (χ3n) is 6.81. The highest BCUT2D eigenvalue weighted by Crippen LogP contribution is 2.30. The van der Waals surface area contributed by atoms with Crippen molar-refractivity contribution >= 4 is 22.0 Å². The van der Waals surface area contributed by atoms with Gasteiger partial charge in [-0.1, -0.05) is 55.8 Å². The third-order valence-corrected chi connectivity index (χ3v) is 8.16. The van der Waals surface area contributed by atoms with Crippen molar-refractivity contribution in [3.05, 3.63) is 41.5 Å². The molecule has 190 valence electrons. The van der Waals surface area contributed by atoms with Crippen LogP contribution in [0.2, 0.25) is 0 Å². The van der Waals surface area contributed by atoms with E-state index < -0.39 is 28.0 Å². The lowest BCUT2D eigenvalue weighted by atomic mass is 9.89. The Kier molecular flexibility index (Phi) is 8.04. The Balaban J connectivity index is 1.32. The number of aromatic nitrogens is 2. The highest BCUT2D eigenvalue weighted by atomic mass is 32.2. The van der Waals surface area contributed by atoms with Crippen molar-refractivity contribution in [1.82, 2.24) is 25.5 Å². The van der Waals surface area contributed by atoms with Crippen LogP contribution in [0.15, 0.2) is 33.7 Å². The quantitative estimate of drug-likeness (QED) is 0.519. The molecule has 2 aliphatic carbocycles. The number of urea groups is 1. The summed E-state index contributed by atoms with van der Waals surface area (Å²) in [6.45, 7) is 1.77. The molecule has 1 aromatic heterocycles. The molecular weight excluding hydrogens is 470 g/mol. The highest BCUT2D eigenvalue weighted by Gasteiger charge is 2.25. The average Bonchev–Trinajstić information content (AvgIpc) is 3.35. The van der Waals surface area contributed by atoms with Crippen LogP contribution in [-0.2, 0) is 10.0 Å². The maximum absolute atomic E-state index is 12.6. The van der Waals surface area contributed by atoms with Crippen molar-refractivity contribution in [2.75, 3.05) is 0 Å². The maximum atomic E-state index is 12.6. The first kappa shape index (κ1) is 25.2. The Labute approximate surface area is 205 Å². The lowest BCUT2D eigenvalue weighted by molar-refractivity contribution is 0.0895. The molecule has 2 aliphatic rings. The smallest absolute Gasteiger partial charge is 0.328 e. The number of benzene rings is 1. The molecule has 2 saturated carbocycles. The second-order valence-corrected chi connectivity index (χ2v) is 11.2. The maximum Gasteiger partial charge on any atom is 0.328 e. The van der Waals surface area contributed by atoms with E-state index in [-0.39, 0.29) is 22.7 Å². The molecule has 1 atom stereocenters. The molecule has 1 heterocycles. The van der Waals surface area contributed by atoms with Gasteiger partial charge in [-0.2, -0.15) is 4.98 Å². The van der Waals surface area contributed by atoms with Gasteiger partial charge in [0.15, 0.2) is 5.82 Å². The first-order valence-electron chi connectivity index (χ1n) is 12.4. The van der Waals surface area contributed by atoms with Gasteiger partial charge in [-0.25, -0.2) is 17.9 Å². The molecule has 4 rings (SSSR count). The molecule has 2 aromatic rings. The molecule has 10 nitrogen and oxygen atoms in total. The highest BCUT2D eigenvalue weighted by molar-refractivity contribution is 7.90. The number of carbonyl (C=O) groups is 2. The van der Waals surface area contributed by atoms with Gasteiger partial charge in [-0.3, -0.25) is 4.79 Å². The molecule has 0 saturated heterocycles. The van der Waals surface area contributed by atoms with E-state index in [2.05, 4.69) is 25.5 Å². The third kappa shape index (κ3) is 6.59. The molecule has 1 unspecified atom stereocenters. The fourth-order valence-corrected chi connectivity index (χ4v) is 5.69. The number of amides is 3. The number of hydrogen-bond donors (Lipinski definition) is 3. The topological polar surface area (TPSA) is 143 Å². The van der Waals surface area contributed by atoms with E-state index >= 15 is 0 Å². The Hall–Kier alpha value is -2.95. The van der Waals surface area contributed by atoms with Gasteiger partial charge in [0, 0.05) is 12.0 Å². The Bertz CT molecular complexity index is 1120. The van der Waals surface area contributed by atoms with E-state index in [1.807, 2.05) is 0 Å². The molecule has 2 fully saturated rings. The van der Waals surface area contributed by atoms with Crippen LogP contribution in [0.5, 0.6) is 0 Å². The van der Waals surface area contributed by atoms with E-state index in [0.717, 1.165) is 57.8 Å². The number of rotatable bonds is 7. The molecule has 3 N–H and O–H groups in total. The van der Waals surface area contributed by atoms with Crippen LogP contribution in [0.3, 0.4) is 0 Å². The Morgan fingerprint density at radius 3 is 2.26 bits per heavy atom. The zero-order chi connectivity index (χ0) is 24.8. The predicted molar refractivity (Wildman–Crippen MR) is 128 cm³/mol. The van der Waals surface area contributed by atoms with E-state index in [4.69, 9.17) is 4.52 Å². The fraction of sp³-hybridized carbons (Fsp3) is 0.583. The van der Waals surface area contributed by atoms with Crippen molar-refractivity contribution in [3.63, 3.8) is 0 Å². The zero-order valence-corrected chi connectivity index (χ0v) is 20.8. The summed E-state index contributed by atoms with van der Waals surface area (Å²) in [5, 5.41) is 9.52. The lowest BCUT2D eigenvalue weighted by Crippen LogP contribution is -2.45. The summed E-state index contributed by atoms with van der Waals surface area (Å²) in [5.74, 6) is 0.256. The molecule has 0 bridgehead atoms. The summed E-state index contributed by atoms with van der Waals surface area (Å²) < 4.78 is 32.4. The summed E-state index contributed by atoms with van der Waals surface area (Å²) in [5.41, 5.74) is 0.691. The molecule has 0 aliphatic heterocycles. The number of hydrogen-bond acceptors (Lipinski definition) is 7. The fourth-order valence-electron chi connectivity index (χ4n) is 4.77. The minimum Gasteiger partial charge on any atom is -0.341 e. The number of nitrogens with one attached hydrogen (secondary N) is 3. The van der Waals surface area contributed by atoms with Gasteiger partial charge in [-0.15, -0.1) is 0 Å². The normalized spacial score (nSPS) is 18.5. The van der Waals surface area contributed by atoms with Crippen LogP contribution in [0, 0.1) is 0 Å². The second kappa shape index (κ2) is 11.2. The van der Waals surface area contributed by atoms with Gasteiger partial charge < -0.3 is 15.2 Å². The van der Waals surface area contributed by atoms with Gasteiger partial charge in [0.25, 0.3) is 10.0 Å². The minimum absolute atomic E-state index is 0.00313. The van der Waals surface area contributed by atoms with Gasteiger partial charge in [0.05, 0.1) is 10.9 Å². The number of carbonyl (C=O) groups excluding carboxylic acids is 2. The number of nitrogens with zero attached hydrogens (tertiary/aromatic N) is 2. The molecule has 0 radical (unpaired) electrons. The van der Waals surface area contributed by atoms with Crippen LogP contribution in [0.1, 0.15) is 105 Å². The molecule has 0 spiro atoms. The average molecular weight is 504 g/mol. The molecular formula is C24H33N5O5S. The van der Waals surface area contributed by atoms with Crippen LogP contribution in [0.25, 0.3) is 0 Å². The lowest BCUT2D eigenvalue weighted by Gasteiger charge is -2.22. The monoisotopic (exact) mass is 503 g/mol. The van der Waals surface area contributed by atoms with Crippen LogP contribution < -0.4 is 15.4 Å². The van der Waals surface area contributed by atoms with Gasteiger partial charge >= 0.3 is 17.8 Å². The SMILES string of the molecule is CC(NC(=O)c1nc(C2CCCCC2)no1)c1ccc(S(=O)(=O)NC(=O)NC2CCCCC2)cc1. The van der Waals surface area contributed by atoms with Crippen molar-refractivity contribution < 1.29 is 22.5 Å². The first-order chi connectivity index (χ1) is 16.8. The van der Waals surface area contributed by atoms with Crippen molar-refractivity contribution in [2.45, 2.75) is 94.0 Å².